The molecule has 0 aliphatic carbocycles. The minimum atomic E-state index is 1.23. The Morgan fingerprint density at radius 3 is 1.68 bits per heavy atom. The molecule has 0 saturated carbocycles. The van der Waals surface area contributed by atoms with E-state index in [1.165, 1.54) is 40.8 Å². The van der Waals surface area contributed by atoms with Gasteiger partial charge >= 0.3 is 0 Å². The van der Waals surface area contributed by atoms with Crippen molar-refractivity contribution >= 4 is 78.4 Å². The van der Waals surface area contributed by atoms with Crippen molar-refractivity contribution in [3.63, 3.8) is 0 Å². The van der Waals surface area contributed by atoms with E-state index in [4.69, 9.17) is 0 Å². The molecule has 2 heterocycles. The van der Waals surface area contributed by atoms with Gasteiger partial charge in [-0.2, -0.15) is 0 Å². The van der Waals surface area contributed by atoms with E-state index in [9.17, 15) is 0 Å². The standard InChI is InChI=1S/C21H16S4/c1-3-7-15-14(4-2)18(20-22-10-11-23-20)16-8-5-6-9-17(16)19(15)21-24-12-13-25-21/h3-13H,2H2,1H3/b7-3-. The van der Waals surface area contributed by atoms with Gasteiger partial charge in [0.15, 0.2) is 0 Å². The van der Waals surface area contributed by atoms with Crippen LogP contribution in [0.15, 0.2) is 58.6 Å². The monoisotopic (exact) mass is 396 g/mol. The molecule has 2 aliphatic rings. The molecule has 0 unspecified atom stereocenters. The molecule has 25 heavy (non-hydrogen) atoms. The van der Waals surface area contributed by atoms with Gasteiger partial charge in [0.25, 0.3) is 0 Å². The van der Waals surface area contributed by atoms with Gasteiger partial charge in [-0.3, -0.25) is 0 Å². The van der Waals surface area contributed by atoms with Crippen LogP contribution < -0.4 is 10.4 Å². The summed E-state index contributed by atoms with van der Waals surface area (Å²) in [6, 6.07) is 8.76. The first-order valence-electron chi connectivity index (χ1n) is 7.90. The molecule has 0 aromatic heterocycles. The lowest BCUT2D eigenvalue weighted by atomic mass is 9.95. The van der Waals surface area contributed by atoms with Gasteiger partial charge in [-0.05, 0) is 50.5 Å². The van der Waals surface area contributed by atoms with E-state index in [2.05, 4.69) is 71.6 Å². The van der Waals surface area contributed by atoms with Gasteiger partial charge in [0.1, 0.15) is 0 Å². The fraction of sp³-hybridized carbons (Fsp3) is 0.0476. The number of hydrogen-bond donors (Lipinski definition) is 0. The first-order chi connectivity index (χ1) is 12.3. The van der Waals surface area contributed by atoms with Crippen molar-refractivity contribution in [3.05, 3.63) is 80.1 Å². The maximum absolute atomic E-state index is 4.16. The molecule has 0 nitrogen and oxygen atoms in total. The third-order valence-electron chi connectivity index (χ3n) is 4.05. The van der Waals surface area contributed by atoms with E-state index in [0.717, 1.165) is 0 Å². The molecule has 4 heteroatoms. The van der Waals surface area contributed by atoms with Crippen molar-refractivity contribution in [2.45, 2.75) is 6.92 Å². The van der Waals surface area contributed by atoms with Crippen LogP contribution in [-0.2, 0) is 0 Å². The summed E-state index contributed by atoms with van der Waals surface area (Å²) >= 11 is 7.22. The van der Waals surface area contributed by atoms with Crippen LogP contribution in [0, 0.1) is 0 Å². The molecule has 2 aromatic carbocycles. The van der Waals surface area contributed by atoms with E-state index in [0.29, 0.717) is 0 Å². The Bertz CT molecular complexity index is 1050. The lowest BCUT2D eigenvalue weighted by Gasteiger charge is -2.13. The average molecular weight is 397 g/mol. The molecular formula is C21H16S4. The third-order valence-corrected chi connectivity index (χ3v) is 8.31. The molecule has 0 atom stereocenters. The van der Waals surface area contributed by atoms with Crippen LogP contribution in [0.1, 0.15) is 18.1 Å². The van der Waals surface area contributed by atoms with Gasteiger partial charge in [0.2, 0.25) is 0 Å². The van der Waals surface area contributed by atoms with Crippen LogP contribution in [0.25, 0.3) is 31.4 Å². The summed E-state index contributed by atoms with van der Waals surface area (Å²) in [4.78, 5) is 0. The molecule has 0 N–H and O–H groups in total. The van der Waals surface area contributed by atoms with Gasteiger partial charge in [-0.15, -0.1) is 0 Å². The average Bonchev–Trinajstić information content (AvgIpc) is 3.34. The number of rotatable bonds is 2. The normalized spacial score (nSPS) is 16.7. The molecule has 0 fully saturated rings. The lowest BCUT2D eigenvalue weighted by molar-refractivity contribution is 1.54. The topological polar surface area (TPSA) is 0 Å². The summed E-state index contributed by atoms with van der Waals surface area (Å²) in [7, 11) is 0. The van der Waals surface area contributed by atoms with Crippen molar-refractivity contribution < 1.29 is 0 Å². The second-order valence-electron chi connectivity index (χ2n) is 5.42. The molecule has 0 bridgehead atoms. The number of allylic oxidation sites excluding steroid dienone is 1. The molecular weight excluding hydrogens is 380 g/mol. The SMILES string of the molecule is C=Cc1c(/C=C\C)c(=C2SC=CS2)c2ccccc2c1=C1SC=CS1. The minimum Gasteiger partial charge on any atom is -0.0984 e. The van der Waals surface area contributed by atoms with E-state index >= 15 is 0 Å². The Labute approximate surface area is 164 Å². The van der Waals surface area contributed by atoms with Crippen molar-refractivity contribution in [3.8, 4) is 0 Å². The zero-order valence-corrected chi connectivity index (χ0v) is 17.0. The van der Waals surface area contributed by atoms with Crippen molar-refractivity contribution in [1.29, 1.82) is 0 Å². The highest BCUT2D eigenvalue weighted by molar-refractivity contribution is 8.35. The zero-order valence-electron chi connectivity index (χ0n) is 13.7. The number of thioether (sulfide) groups is 4. The van der Waals surface area contributed by atoms with Crippen LogP contribution in [0.3, 0.4) is 0 Å². The van der Waals surface area contributed by atoms with Crippen LogP contribution in [0.5, 0.6) is 0 Å². The van der Waals surface area contributed by atoms with E-state index < -0.39 is 0 Å². The quantitative estimate of drug-likeness (QED) is 0.564. The van der Waals surface area contributed by atoms with Crippen LogP contribution in [0.4, 0.5) is 0 Å². The molecule has 2 aromatic rings. The van der Waals surface area contributed by atoms with Crippen molar-refractivity contribution in [2.24, 2.45) is 0 Å². The summed E-state index contributed by atoms with van der Waals surface area (Å²) in [5.41, 5.74) is 2.50. The molecule has 4 rings (SSSR count). The largest absolute Gasteiger partial charge is 0.0984 e. The summed E-state index contributed by atoms with van der Waals surface area (Å²) in [6.45, 7) is 6.24. The van der Waals surface area contributed by atoms with Gasteiger partial charge in [0.05, 0.1) is 8.47 Å². The number of hydrogen-bond acceptors (Lipinski definition) is 4. The first kappa shape index (κ1) is 17.2. The summed E-state index contributed by atoms with van der Waals surface area (Å²) in [5.74, 6) is 0. The predicted molar refractivity (Wildman–Crippen MR) is 123 cm³/mol. The maximum atomic E-state index is 4.16. The van der Waals surface area contributed by atoms with Crippen LogP contribution >= 0.6 is 47.0 Å². The zero-order chi connectivity index (χ0) is 17.2. The van der Waals surface area contributed by atoms with E-state index in [1.807, 2.05) is 29.6 Å². The Balaban J connectivity index is 2.30. The van der Waals surface area contributed by atoms with E-state index in [-0.39, 0.29) is 0 Å². The molecule has 0 amide bonds. The number of benzene rings is 2. The minimum absolute atomic E-state index is 1.23. The first-order valence-corrected chi connectivity index (χ1v) is 11.4. The van der Waals surface area contributed by atoms with Gasteiger partial charge in [0, 0.05) is 10.4 Å². The molecule has 0 radical (unpaired) electrons. The highest BCUT2D eigenvalue weighted by atomic mass is 32.2. The Morgan fingerprint density at radius 2 is 1.24 bits per heavy atom. The second-order valence-corrected chi connectivity index (χ2v) is 9.60. The summed E-state index contributed by atoms with van der Waals surface area (Å²) < 4.78 is 2.67. The van der Waals surface area contributed by atoms with Gasteiger partial charge in [-0.1, -0.05) is 96.1 Å². The summed E-state index contributed by atoms with van der Waals surface area (Å²) in [6.07, 6.45) is 6.37. The predicted octanol–water partition coefficient (Wildman–Crippen LogP) is 6.55. The third kappa shape index (κ3) is 3.06. The Morgan fingerprint density at radius 1 is 0.760 bits per heavy atom. The highest BCUT2D eigenvalue weighted by Crippen LogP contribution is 2.40. The second kappa shape index (κ2) is 7.58. The maximum Gasteiger partial charge on any atom is 0.0571 e. The highest BCUT2D eigenvalue weighted by Gasteiger charge is 2.16. The van der Waals surface area contributed by atoms with Gasteiger partial charge in [-0.25, -0.2) is 0 Å². The van der Waals surface area contributed by atoms with Crippen LogP contribution in [-0.4, -0.2) is 0 Å². The lowest BCUT2D eigenvalue weighted by Crippen LogP contribution is -2.22. The molecule has 0 saturated heterocycles. The van der Waals surface area contributed by atoms with Gasteiger partial charge < -0.3 is 0 Å². The smallest absolute Gasteiger partial charge is 0.0571 e. The molecule has 124 valence electrons. The fourth-order valence-corrected chi connectivity index (χ4v) is 6.97. The molecule has 2 aliphatic heterocycles. The van der Waals surface area contributed by atoms with Crippen LogP contribution in [0.2, 0.25) is 0 Å². The Kier molecular flexibility index (Phi) is 5.23. The van der Waals surface area contributed by atoms with E-state index in [1.54, 1.807) is 23.5 Å². The van der Waals surface area contributed by atoms with Crippen molar-refractivity contribution in [1.82, 2.24) is 0 Å². The van der Waals surface area contributed by atoms with Crippen molar-refractivity contribution in [2.75, 3.05) is 0 Å². The Hall–Kier alpha value is -1.20. The molecule has 0 spiro atoms. The summed E-state index contributed by atoms with van der Waals surface area (Å²) in [5, 5.41) is 13.9. The number of fused-ring (bicyclic) bond motifs is 1. The fourth-order valence-electron chi connectivity index (χ4n) is 3.12.